The average molecular weight is 262 g/mol. The Morgan fingerprint density at radius 3 is 2.47 bits per heavy atom. The molecule has 4 heteroatoms. The lowest BCUT2D eigenvalue weighted by atomic mass is 9.84. The zero-order valence-corrected chi connectivity index (χ0v) is 11.1. The summed E-state index contributed by atoms with van der Waals surface area (Å²) in [4.78, 5) is 14.2. The molecule has 1 amide bonds. The fourth-order valence-corrected chi connectivity index (χ4v) is 3.72. The topological polar surface area (TPSA) is 46.3 Å². The number of carbonyl (C=O) groups excluding carboxylic acids is 1. The summed E-state index contributed by atoms with van der Waals surface area (Å²) in [5.74, 6) is 0.678. The maximum atomic E-state index is 12.9. The first kappa shape index (κ1) is 12.6. The largest absolute Gasteiger partial charge is 0.327 e. The van der Waals surface area contributed by atoms with Crippen LogP contribution in [0, 0.1) is 23.6 Å². The fraction of sp³-hybridized carbons (Fsp3) is 0.533. The van der Waals surface area contributed by atoms with Gasteiger partial charge in [-0.2, -0.15) is 0 Å². The van der Waals surface area contributed by atoms with Crippen molar-refractivity contribution in [3.63, 3.8) is 0 Å². The van der Waals surface area contributed by atoms with Crippen LogP contribution in [0.1, 0.15) is 19.3 Å². The van der Waals surface area contributed by atoms with E-state index in [0.29, 0.717) is 11.8 Å². The zero-order valence-electron chi connectivity index (χ0n) is 11.1. The molecule has 2 bridgehead atoms. The van der Waals surface area contributed by atoms with E-state index in [1.54, 1.807) is 24.1 Å². The smallest absolute Gasteiger partial charge is 0.231 e. The number of hydrogen-bond donors (Lipinski definition) is 1. The molecule has 0 aliphatic heterocycles. The summed E-state index contributed by atoms with van der Waals surface area (Å²) in [6.45, 7) is 0. The van der Waals surface area contributed by atoms with Crippen LogP contribution >= 0.6 is 0 Å². The molecule has 1 aromatic rings. The van der Waals surface area contributed by atoms with E-state index in [4.69, 9.17) is 5.73 Å². The normalized spacial score (nSPS) is 32.6. The van der Waals surface area contributed by atoms with Crippen molar-refractivity contribution >= 4 is 11.6 Å². The van der Waals surface area contributed by atoms with Gasteiger partial charge in [-0.3, -0.25) is 4.79 Å². The number of rotatable bonds is 2. The van der Waals surface area contributed by atoms with E-state index in [0.717, 1.165) is 24.9 Å². The van der Waals surface area contributed by atoms with Gasteiger partial charge in [0.25, 0.3) is 0 Å². The van der Waals surface area contributed by atoms with E-state index in [-0.39, 0.29) is 23.7 Å². The Morgan fingerprint density at radius 2 is 1.89 bits per heavy atom. The number of carbonyl (C=O) groups is 1. The van der Waals surface area contributed by atoms with E-state index >= 15 is 0 Å². The molecule has 19 heavy (non-hydrogen) atoms. The van der Waals surface area contributed by atoms with Gasteiger partial charge in [-0.15, -0.1) is 0 Å². The van der Waals surface area contributed by atoms with Crippen LogP contribution < -0.4 is 10.6 Å². The number of benzene rings is 1. The SMILES string of the molecule is CN(C(=O)[C@H]1[C@H]2CC[C@@H](C2)[C@H]1N)c1ccc(F)cc1. The van der Waals surface area contributed by atoms with Crippen molar-refractivity contribution in [1.29, 1.82) is 0 Å². The van der Waals surface area contributed by atoms with Gasteiger partial charge in [0.05, 0.1) is 5.92 Å². The second-order valence-corrected chi connectivity index (χ2v) is 5.81. The van der Waals surface area contributed by atoms with Gasteiger partial charge in [0, 0.05) is 18.8 Å². The average Bonchev–Trinajstić information content (AvgIpc) is 2.99. The third-order valence-corrected chi connectivity index (χ3v) is 4.81. The van der Waals surface area contributed by atoms with Crippen molar-refractivity contribution in [3.8, 4) is 0 Å². The van der Waals surface area contributed by atoms with Gasteiger partial charge in [0.15, 0.2) is 0 Å². The predicted octanol–water partition coefficient (Wildman–Crippen LogP) is 2.16. The van der Waals surface area contributed by atoms with E-state index in [1.165, 1.54) is 12.1 Å². The third kappa shape index (κ3) is 2.04. The van der Waals surface area contributed by atoms with Gasteiger partial charge in [0.2, 0.25) is 5.91 Å². The van der Waals surface area contributed by atoms with Crippen LogP contribution in [0.15, 0.2) is 24.3 Å². The Kier molecular flexibility index (Phi) is 3.05. The number of anilines is 1. The molecule has 2 N–H and O–H groups in total. The first-order valence-corrected chi connectivity index (χ1v) is 6.86. The number of nitrogens with zero attached hydrogens (tertiary/aromatic N) is 1. The minimum atomic E-state index is -0.291. The lowest BCUT2D eigenvalue weighted by Crippen LogP contribution is -2.46. The van der Waals surface area contributed by atoms with Crippen LogP contribution in [0.25, 0.3) is 0 Å². The highest BCUT2D eigenvalue weighted by atomic mass is 19.1. The molecule has 2 aliphatic carbocycles. The van der Waals surface area contributed by atoms with Crippen LogP contribution in [-0.4, -0.2) is 19.0 Å². The first-order chi connectivity index (χ1) is 9.08. The molecule has 0 unspecified atom stereocenters. The van der Waals surface area contributed by atoms with Crippen molar-refractivity contribution in [3.05, 3.63) is 30.1 Å². The highest BCUT2D eigenvalue weighted by molar-refractivity contribution is 5.95. The molecule has 4 atom stereocenters. The van der Waals surface area contributed by atoms with Crippen molar-refractivity contribution in [2.45, 2.75) is 25.3 Å². The summed E-state index contributed by atoms with van der Waals surface area (Å²) in [6, 6.07) is 6.01. The Hall–Kier alpha value is -1.42. The summed E-state index contributed by atoms with van der Waals surface area (Å²) in [5.41, 5.74) is 6.92. The van der Waals surface area contributed by atoms with E-state index in [9.17, 15) is 9.18 Å². The van der Waals surface area contributed by atoms with Gasteiger partial charge in [-0.1, -0.05) is 0 Å². The molecule has 2 fully saturated rings. The Balaban J connectivity index is 1.78. The molecule has 0 aromatic heterocycles. The molecule has 0 radical (unpaired) electrons. The third-order valence-electron chi connectivity index (χ3n) is 4.81. The summed E-state index contributed by atoms with van der Waals surface area (Å²) < 4.78 is 12.9. The standard InChI is InChI=1S/C15H19FN2O/c1-18(12-6-4-11(16)5-7-12)15(19)13-9-2-3-10(8-9)14(13)17/h4-7,9-10,13-14H,2-3,8,17H2,1H3/t9-,10-,13-,14+/m0/s1. The van der Waals surface area contributed by atoms with E-state index in [2.05, 4.69) is 0 Å². The monoisotopic (exact) mass is 262 g/mol. The second-order valence-electron chi connectivity index (χ2n) is 5.81. The molecule has 0 heterocycles. The number of amides is 1. The van der Waals surface area contributed by atoms with Gasteiger partial charge >= 0.3 is 0 Å². The van der Waals surface area contributed by atoms with Crippen LogP contribution in [-0.2, 0) is 4.79 Å². The minimum absolute atomic E-state index is 0.00542. The lowest BCUT2D eigenvalue weighted by Gasteiger charge is -2.30. The summed E-state index contributed by atoms with van der Waals surface area (Å²) >= 11 is 0. The summed E-state index contributed by atoms with van der Waals surface area (Å²) in [5, 5.41) is 0. The molecule has 2 saturated carbocycles. The minimum Gasteiger partial charge on any atom is -0.327 e. The Morgan fingerprint density at radius 1 is 1.26 bits per heavy atom. The number of halogens is 1. The van der Waals surface area contributed by atoms with Gasteiger partial charge in [-0.05, 0) is 55.4 Å². The highest BCUT2D eigenvalue weighted by Gasteiger charge is 2.49. The van der Waals surface area contributed by atoms with Gasteiger partial charge in [0.1, 0.15) is 5.82 Å². The summed E-state index contributed by atoms with van der Waals surface area (Å²) in [6.07, 6.45) is 3.37. The van der Waals surface area contributed by atoms with Crippen LogP contribution in [0.2, 0.25) is 0 Å². The molecule has 102 valence electrons. The van der Waals surface area contributed by atoms with E-state index < -0.39 is 0 Å². The van der Waals surface area contributed by atoms with Crippen LogP contribution in [0.5, 0.6) is 0 Å². The molecular weight excluding hydrogens is 243 g/mol. The van der Waals surface area contributed by atoms with Crippen molar-refractivity contribution < 1.29 is 9.18 Å². The Labute approximate surface area is 112 Å². The van der Waals surface area contributed by atoms with Gasteiger partial charge in [-0.25, -0.2) is 4.39 Å². The predicted molar refractivity (Wildman–Crippen MR) is 72.1 cm³/mol. The number of nitrogens with two attached hydrogens (primary N) is 1. The summed E-state index contributed by atoms with van der Waals surface area (Å²) in [7, 11) is 1.74. The van der Waals surface area contributed by atoms with Crippen LogP contribution in [0.4, 0.5) is 10.1 Å². The molecule has 0 spiro atoms. The van der Waals surface area contributed by atoms with Crippen molar-refractivity contribution in [2.75, 3.05) is 11.9 Å². The molecule has 3 nitrogen and oxygen atoms in total. The van der Waals surface area contributed by atoms with E-state index in [1.807, 2.05) is 0 Å². The fourth-order valence-electron chi connectivity index (χ4n) is 3.72. The Bertz CT molecular complexity index is 485. The van der Waals surface area contributed by atoms with Crippen molar-refractivity contribution in [2.24, 2.45) is 23.5 Å². The molecule has 1 aromatic carbocycles. The first-order valence-electron chi connectivity index (χ1n) is 6.86. The number of fused-ring (bicyclic) bond motifs is 2. The maximum Gasteiger partial charge on any atom is 0.231 e. The maximum absolute atomic E-state index is 12.9. The lowest BCUT2D eigenvalue weighted by molar-refractivity contribution is -0.124. The number of hydrogen-bond acceptors (Lipinski definition) is 2. The molecule has 3 rings (SSSR count). The zero-order chi connectivity index (χ0) is 13.6. The highest BCUT2D eigenvalue weighted by Crippen LogP contribution is 2.48. The van der Waals surface area contributed by atoms with Crippen molar-refractivity contribution in [1.82, 2.24) is 0 Å². The van der Waals surface area contributed by atoms with Gasteiger partial charge < -0.3 is 10.6 Å². The molecular formula is C15H19FN2O. The van der Waals surface area contributed by atoms with Crippen LogP contribution in [0.3, 0.4) is 0 Å². The quantitative estimate of drug-likeness (QED) is 0.887. The molecule has 2 aliphatic rings. The second kappa shape index (κ2) is 4.60. The molecule has 0 saturated heterocycles.